The van der Waals surface area contributed by atoms with E-state index in [1.54, 1.807) is 16.7 Å². The largest absolute Gasteiger partial charge is 0.480 e. The van der Waals surface area contributed by atoms with Crippen LogP contribution in [0.2, 0.25) is 0 Å². The van der Waals surface area contributed by atoms with E-state index in [2.05, 4.69) is 4.98 Å². The third-order valence-corrected chi connectivity index (χ3v) is 3.17. The molecule has 2 aromatic heterocycles. The Bertz CT molecular complexity index is 648. The van der Waals surface area contributed by atoms with E-state index in [0.717, 1.165) is 5.69 Å². The predicted molar refractivity (Wildman–Crippen MR) is 69.1 cm³/mol. The van der Waals surface area contributed by atoms with Gasteiger partial charge in [-0.2, -0.15) is 0 Å². The number of hydrogen-bond acceptors (Lipinski definition) is 3. The van der Waals surface area contributed by atoms with Gasteiger partial charge in [0.1, 0.15) is 17.4 Å². The summed E-state index contributed by atoms with van der Waals surface area (Å²) in [5.41, 5.74) is 1.86. The fraction of sp³-hybridized carbons (Fsp3) is 0.308. The Morgan fingerprint density at radius 2 is 2.11 bits per heavy atom. The highest BCUT2D eigenvalue weighted by molar-refractivity contribution is 5.95. The molecule has 6 nitrogen and oxygen atoms in total. The quantitative estimate of drug-likeness (QED) is 0.900. The minimum Gasteiger partial charge on any atom is -0.480 e. The van der Waals surface area contributed by atoms with Gasteiger partial charge in [0.05, 0.1) is 0 Å². The van der Waals surface area contributed by atoms with Gasteiger partial charge in [-0.25, -0.2) is 9.78 Å². The molecular weight excluding hydrogens is 246 g/mol. The van der Waals surface area contributed by atoms with Crippen LogP contribution in [0.1, 0.15) is 23.1 Å². The molecule has 2 aromatic rings. The summed E-state index contributed by atoms with van der Waals surface area (Å²) in [6.45, 7) is 3.37. The molecule has 0 aromatic carbocycles. The number of rotatable bonds is 3. The monoisotopic (exact) mass is 261 g/mol. The maximum absolute atomic E-state index is 12.2. The fourth-order valence-electron chi connectivity index (χ4n) is 1.77. The minimum absolute atomic E-state index is 0.241. The van der Waals surface area contributed by atoms with Crippen LogP contribution in [-0.4, -0.2) is 44.4 Å². The first-order valence-corrected chi connectivity index (χ1v) is 5.86. The maximum Gasteiger partial charge on any atom is 0.326 e. The van der Waals surface area contributed by atoms with Crippen molar-refractivity contribution in [2.45, 2.75) is 19.9 Å². The van der Waals surface area contributed by atoms with E-state index in [-0.39, 0.29) is 5.69 Å². The van der Waals surface area contributed by atoms with E-state index in [1.165, 1.54) is 18.9 Å². The molecule has 0 spiro atoms. The minimum atomic E-state index is -1.05. The fourth-order valence-corrected chi connectivity index (χ4v) is 1.77. The zero-order valence-corrected chi connectivity index (χ0v) is 11.0. The van der Waals surface area contributed by atoms with Gasteiger partial charge in [0.25, 0.3) is 5.91 Å². The number of imidazole rings is 1. The van der Waals surface area contributed by atoms with Gasteiger partial charge in [0.15, 0.2) is 0 Å². The number of carboxylic acids is 1. The number of pyridine rings is 1. The molecule has 0 fully saturated rings. The number of aromatic nitrogens is 2. The number of amides is 1. The van der Waals surface area contributed by atoms with Crippen LogP contribution < -0.4 is 0 Å². The van der Waals surface area contributed by atoms with Gasteiger partial charge in [-0.15, -0.1) is 0 Å². The van der Waals surface area contributed by atoms with Crippen molar-refractivity contribution in [3.63, 3.8) is 0 Å². The van der Waals surface area contributed by atoms with Gasteiger partial charge in [-0.3, -0.25) is 4.79 Å². The normalized spacial score (nSPS) is 12.4. The summed E-state index contributed by atoms with van der Waals surface area (Å²) in [7, 11) is 1.46. The van der Waals surface area contributed by atoms with E-state index in [4.69, 9.17) is 5.11 Å². The molecule has 1 N–H and O–H groups in total. The van der Waals surface area contributed by atoms with Gasteiger partial charge in [0.2, 0.25) is 0 Å². The van der Waals surface area contributed by atoms with Crippen molar-refractivity contribution in [3.8, 4) is 0 Å². The van der Waals surface area contributed by atoms with Gasteiger partial charge in [0, 0.05) is 18.9 Å². The SMILES string of the molecule is Cc1cccc2nc(C(=O)N(C)C(C)C(=O)O)cn12. The van der Waals surface area contributed by atoms with Crippen LogP contribution in [0.5, 0.6) is 0 Å². The molecule has 0 bridgehead atoms. The molecule has 1 unspecified atom stereocenters. The first-order chi connectivity index (χ1) is 8.91. The molecule has 6 heteroatoms. The number of carbonyl (C=O) groups excluding carboxylic acids is 1. The zero-order chi connectivity index (χ0) is 14.2. The van der Waals surface area contributed by atoms with E-state index in [9.17, 15) is 9.59 Å². The van der Waals surface area contributed by atoms with Gasteiger partial charge in [-0.05, 0) is 26.0 Å². The number of carbonyl (C=O) groups is 2. The molecule has 0 radical (unpaired) electrons. The maximum atomic E-state index is 12.2. The molecule has 1 atom stereocenters. The number of aryl methyl sites for hydroxylation is 1. The third-order valence-electron chi connectivity index (χ3n) is 3.17. The molecule has 1 amide bonds. The second kappa shape index (κ2) is 4.72. The van der Waals surface area contributed by atoms with E-state index < -0.39 is 17.9 Å². The summed E-state index contributed by atoms with van der Waals surface area (Å²) < 4.78 is 1.80. The average molecular weight is 261 g/mol. The lowest BCUT2D eigenvalue weighted by Crippen LogP contribution is -2.40. The van der Waals surface area contributed by atoms with Crippen LogP contribution in [0.15, 0.2) is 24.4 Å². The van der Waals surface area contributed by atoms with E-state index >= 15 is 0 Å². The molecule has 0 aliphatic carbocycles. The third kappa shape index (κ3) is 2.29. The highest BCUT2D eigenvalue weighted by Crippen LogP contribution is 2.11. The summed E-state index contributed by atoms with van der Waals surface area (Å²) in [4.78, 5) is 28.4. The van der Waals surface area contributed by atoms with Gasteiger partial charge < -0.3 is 14.4 Å². The molecule has 100 valence electrons. The molecule has 0 saturated carbocycles. The highest BCUT2D eigenvalue weighted by atomic mass is 16.4. The molecule has 2 rings (SSSR count). The molecule has 2 heterocycles. The lowest BCUT2D eigenvalue weighted by molar-refractivity contribution is -0.141. The molecule has 0 aliphatic heterocycles. The van der Waals surface area contributed by atoms with Crippen molar-refractivity contribution in [1.29, 1.82) is 0 Å². The second-order valence-electron chi connectivity index (χ2n) is 4.45. The highest BCUT2D eigenvalue weighted by Gasteiger charge is 2.24. The Balaban J connectivity index is 2.37. The molecule has 0 aliphatic rings. The average Bonchev–Trinajstić information content (AvgIpc) is 2.81. The summed E-state index contributed by atoms with van der Waals surface area (Å²) >= 11 is 0. The number of fused-ring (bicyclic) bond motifs is 1. The molecular formula is C13H15N3O3. The smallest absolute Gasteiger partial charge is 0.326 e. The van der Waals surface area contributed by atoms with Crippen LogP contribution in [0.25, 0.3) is 5.65 Å². The lowest BCUT2D eigenvalue weighted by atomic mass is 10.3. The van der Waals surface area contributed by atoms with Crippen LogP contribution in [-0.2, 0) is 4.79 Å². The van der Waals surface area contributed by atoms with Crippen molar-refractivity contribution < 1.29 is 14.7 Å². The van der Waals surface area contributed by atoms with Crippen LogP contribution in [0, 0.1) is 6.92 Å². The van der Waals surface area contributed by atoms with Crippen molar-refractivity contribution in [1.82, 2.24) is 14.3 Å². The van der Waals surface area contributed by atoms with Crippen LogP contribution in [0.4, 0.5) is 0 Å². The number of hydrogen-bond donors (Lipinski definition) is 1. The Morgan fingerprint density at radius 3 is 2.68 bits per heavy atom. The van der Waals surface area contributed by atoms with Crippen LogP contribution in [0.3, 0.4) is 0 Å². The zero-order valence-electron chi connectivity index (χ0n) is 11.0. The Morgan fingerprint density at radius 1 is 1.42 bits per heavy atom. The summed E-state index contributed by atoms with van der Waals surface area (Å²) in [5, 5.41) is 8.91. The Kier molecular flexibility index (Phi) is 3.25. The predicted octanol–water partition coefficient (Wildman–Crippen LogP) is 1.19. The van der Waals surface area contributed by atoms with Crippen LogP contribution >= 0.6 is 0 Å². The first-order valence-electron chi connectivity index (χ1n) is 5.86. The van der Waals surface area contributed by atoms with Crippen molar-refractivity contribution in [3.05, 3.63) is 35.8 Å². The topological polar surface area (TPSA) is 74.9 Å². The van der Waals surface area contributed by atoms with Gasteiger partial charge >= 0.3 is 5.97 Å². The Hall–Kier alpha value is -2.37. The summed E-state index contributed by atoms with van der Waals surface area (Å²) in [6, 6.07) is 4.67. The number of carboxylic acid groups (broad SMARTS) is 1. The second-order valence-corrected chi connectivity index (χ2v) is 4.45. The first kappa shape index (κ1) is 13.1. The standard InChI is InChI=1S/C13H15N3O3/c1-8-5-4-6-11-14-10(7-16(8)11)12(17)15(3)9(2)13(18)19/h4-7,9H,1-3H3,(H,18,19). The number of likely N-dealkylation sites (N-methyl/N-ethyl adjacent to an activating group) is 1. The van der Waals surface area contributed by atoms with Crippen molar-refractivity contribution in [2.24, 2.45) is 0 Å². The van der Waals surface area contributed by atoms with E-state index in [1.807, 2.05) is 19.1 Å². The molecule has 0 saturated heterocycles. The lowest BCUT2D eigenvalue weighted by Gasteiger charge is -2.20. The Labute approximate surface area is 110 Å². The van der Waals surface area contributed by atoms with E-state index in [0.29, 0.717) is 5.65 Å². The summed E-state index contributed by atoms with van der Waals surface area (Å²) in [6.07, 6.45) is 1.62. The van der Waals surface area contributed by atoms with Crippen molar-refractivity contribution >= 4 is 17.5 Å². The van der Waals surface area contributed by atoms with Gasteiger partial charge in [-0.1, -0.05) is 6.07 Å². The number of nitrogens with zero attached hydrogens (tertiary/aromatic N) is 3. The molecule has 19 heavy (non-hydrogen) atoms. The van der Waals surface area contributed by atoms with Crippen molar-refractivity contribution in [2.75, 3.05) is 7.05 Å². The summed E-state index contributed by atoms with van der Waals surface area (Å²) in [5.74, 6) is -1.45. The number of aliphatic carboxylic acids is 1.